The molecule has 9 heteroatoms. The van der Waals surface area contributed by atoms with Crippen LogP contribution in [0.4, 0.5) is 4.39 Å². The molecular weight excluding hydrogens is 397 g/mol. The first-order valence-corrected chi connectivity index (χ1v) is 11.0. The molecule has 156 valence electrons. The largest absolute Gasteiger partial charge is 0.455 e. The van der Waals surface area contributed by atoms with Crippen molar-refractivity contribution in [2.45, 2.75) is 57.4 Å². The first kappa shape index (κ1) is 21.0. The van der Waals surface area contributed by atoms with Crippen LogP contribution < -0.4 is 10.1 Å². The number of hydrogen-bond donors (Lipinski definition) is 2. The van der Waals surface area contributed by atoms with E-state index in [9.17, 15) is 17.6 Å². The Hall–Kier alpha value is -2.68. The summed E-state index contributed by atoms with van der Waals surface area (Å²) in [6.45, 7) is 5.65. The number of hydrogen-bond acceptors (Lipinski definition) is 5. The van der Waals surface area contributed by atoms with Gasteiger partial charge in [-0.15, -0.1) is 0 Å². The van der Waals surface area contributed by atoms with Gasteiger partial charge in [0, 0.05) is 23.6 Å². The quantitative estimate of drug-likeness (QED) is 0.699. The number of carbonyl (C=O) groups is 1. The van der Waals surface area contributed by atoms with Crippen LogP contribution >= 0.6 is 0 Å². The maximum absolute atomic E-state index is 13.0. The molecule has 0 bridgehead atoms. The highest BCUT2D eigenvalue weighted by atomic mass is 32.2. The molecule has 1 aromatic heterocycles. The minimum Gasteiger partial charge on any atom is -0.455 e. The molecule has 0 saturated heterocycles. The fourth-order valence-electron chi connectivity index (χ4n) is 3.17. The van der Waals surface area contributed by atoms with Crippen LogP contribution in [0.2, 0.25) is 0 Å². The summed E-state index contributed by atoms with van der Waals surface area (Å²) in [7, 11) is -3.93. The molecule has 0 spiro atoms. The van der Waals surface area contributed by atoms with Crippen LogP contribution in [-0.4, -0.2) is 26.1 Å². The fourth-order valence-corrected chi connectivity index (χ4v) is 4.00. The maximum atomic E-state index is 13.0. The molecule has 1 amide bonds. The second-order valence-electron chi connectivity index (χ2n) is 7.10. The molecule has 1 aromatic carbocycles. The highest BCUT2D eigenvalue weighted by Gasteiger charge is 2.28. The second-order valence-corrected chi connectivity index (χ2v) is 8.76. The molecule has 7 nitrogen and oxygen atoms in total. The van der Waals surface area contributed by atoms with E-state index < -0.39 is 15.8 Å². The van der Waals surface area contributed by atoms with Gasteiger partial charge in [-0.05, 0) is 57.4 Å². The Morgan fingerprint density at radius 2 is 1.97 bits per heavy atom. The van der Waals surface area contributed by atoms with Crippen LogP contribution in [-0.2, 0) is 16.4 Å². The zero-order chi connectivity index (χ0) is 21.2. The molecule has 2 aromatic rings. The van der Waals surface area contributed by atoms with E-state index in [-0.39, 0.29) is 22.6 Å². The van der Waals surface area contributed by atoms with Gasteiger partial charge < -0.3 is 9.73 Å². The van der Waals surface area contributed by atoms with Crippen LogP contribution in [0.3, 0.4) is 0 Å². The number of sulfonamides is 1. The maximum Gasteiger partial charge on any atom is 0.287 e. The van der Waals surface area contributed by atoms with Crippen LogP contribution in [0.1, 0.15) is 60.6 Å². The van der Waals surface area contributed by atoms with Crippen LogP contribution in [0.25, 0.3) is 0 Å². The lowest BCUT2D eigenvalue weighted by Crippen LogP contribution is -2.32. The molecule has 1 aliphatic rings. The molecule has 2 N–H and O–H groups in total. The normalized spacial score (nSPS) is 16.3. The number of amides is 1. The first-order valence-electron chi connectivity index (χ1n) is 9.50. The van der Waals surface area contributed by atoms with E-state index in [1.807, 2.05) is 13.8 Å². The molecule has 1 heterocycles. The molecule has 1 unspecified atom stereocenters. The van der Waals surface area contributed by atoms with Crippen LogP contribution in [0.15, 0.2) is 38.7 Å². The van der Waals surface area contributed by atoms with Crippen molar-refractivity contribution < 1.29 is 22.0 Å². The van der Waals surface area contributed by atoms with Gasteiger partial charge in [-0.25, -0.2) is 4.39 Å². The van der Waals surface area contributed by atoms with E-state index in [0.717, 1.165) is 25.0 Å². The zero-order valence-electron chi connectivity index (χ0n) is 16.6. The predicted octanol–water partition coefficient (Wildman–Crippen LogP) is 3.27. The minimum atomic E-state index is -3.93. The summed E-state index contributed by atoms with van der Waals surface area (Å²) < 4.78 is 43.7. The third-order valence-electron chi connectivity index (χ3n) is 4.95. The van der Waals surface area contributed by atoms with Gasteiger partial charge in [0.15, 0.2) is 5.76 Å². The van der Waals surface area contributed by atoms with Crippen LogP contribution in [0.5, 0.6) is 0 Å². The van der Waals surface area contributed by atoms with Crippen molar-refractivity contribution in [3.8, 4) is 0 Å². The lowest BCUT2D eigenvalue weighted by atomic mass is 9.93. The van der Waals surface area contributed by atoms with E-state index in [0.29, 0.717) is 35.4 Å². The number of nitrogens with one attached hydrogen (secondary N) is 2. The predicted molar refractivity (Wildman–Crippen MR) is 107 cm³/mol. The van der Waals surface area contributed by atoms with Gasteiger partial charge in [0.25, 0.3) is 15.9 Å². The SMILES string of the molecule is CCC(C)NC(=O)c1oc2c(c1C)/C(=N/NS(=O)(=O)c1ccc(F)cc1)CCC2. The number of rotatable bonds is 6. The van der Waals surface area contributed by atoms with E-state index in [1.165, 1.54) is 12.1 Å². The molecule has 29 heavy (non-hydrogen) atoms. The first-order chi connectivity index (χ1) is 13.7. The fraction of sp³-hybridized carbons (Fsp3) is 0.400. The molecule has 0 saturated carbocycles. The Morgan fingerprint density at radius 3 is 2.62 bits per heavy atom. The number of benzene rings is 1. The van der Waals surface area contributed by atoms with Crippen molar-refractivity contribution in [3.05, 3.63) is 52.7 Å². The summed E-state index contributed by atoms with van der Waals surface area (Å²) in [6.07, 6.45) is 2.72. The third-order valence-corrected chi connectivity index (χ3v) is 6.17. The summed E-state index contributed by atoms with van der Waals surface area (Å²) >= 11 is 0. The summed E-state index contributed by atoms with van der Waals surface area (Å²) in [5.74, 6) is 0.0379. The lowest BCUT2D eigenvalue weighted by molar-refractivity contribution is 0.0908. The highest BCUT2D eigenvalue weighted by Crippen LogP contribution is 2.30. The third kappa shape index (κ3) is 4.50. The molecule has 0 radical (unpaired) electrons. The Balaban J connectivity index is 1.88. The molecule has 3 rings (SSSR count). The van der Waals surface area contributed by atoms with E-state index in [4.69, 9.17) is 4.42 Å². The molecule has 0 fully saturated rings. The van der Waals surface area contributed by atoms with Gasteiger partial charge >= 0.3 is 0 Å². The van der Waals surface area contributed by atoms with Gasteiger partial charge in [-0.3, -0.25) is 4.79 Å². The smallest absolute Gasteiger partial charge is 0.287 e. The van der Waals surface area contributed by atoms with Crippen molar-refractivity contribution in [2.75, 3.05) is 0 Å². The average molecular weight is 421 g/mol. The average Bonchev–Trinajstić information content (AvgIpc) is 3.04. The van der Waals surface area contributed by atoms with Crippen LogP contribution in [0, 0.1) is 12.7 Å². The summed E-state index contributed by atoms with van der Waals surface area (Å²) in [4.78, 5) is 14.6. The topological polar surface area (TPSA) is 101 Å². The highest BCUT2D eigenvalue weighted by molar-refractivity contribution is 7.89. The van der Waals surface area contributed by atoms with Crippen molar-refractivity contribution in [1.29, 1.82) is 0 Å². The molecule has 1 aliphatic carbocycles. The number of halogens is 1. The number of hydrazone groups is 1. The lowest BCUT2D eigenvalue weighted by Gasteiger charge is -2.14. The Morgan fingerprint density at radius 1 is 1.28 bits per heavy atom. The van der Waals surface area contributed by atoms with E-state index in [2.05, 4.69) is 15.2 Å². The standard InChI is InChI=1S/C20H24FN3O4S/c1-4-12(2)22-20(25)19-13(3)18-16(6-5-7-17(18)28-19)23-24-29(26,27)15-10-8-14(21)9-11-15/h8-12,24H,4-7H2,1-3H3,(H,22,25)/b23-16+. The summed E-state index contributed by atoms with van der Waals surface area (Å²) in [6, 6.07) is 4.50. The van der Waals surface area contributed by atoms with E-state index in [1.54, 1.807) is 6.92 Å². The van der Waals surface area contributed by atoms with Gasteiger partial charge in [0.1, 0.15) is 11.6 Å². The number of nitrogens with zero attached hydrogens (tertiary/aromatic N) is 1. The van der Waals surface area contributed by atoms with Gasteiger partial charge in [-0.1, -0.05) is 6.92 Å². The van der Waals surface area contributed by atoms with Gasteiger partial charge in [-0.2, -0.15) is 18.4 Å². The monoisotopic (exact) mass is 421 g/mol. The Bertz CT molecular complexity index is 1040. The minimum absolute atomic E-state index is 0.0136. The number of carbonyl (C=O) groups excluding carboxylic acids is 1. The van der Waals surface area contributed by atoms with Gasteiger partial charge in [0.2, 0.25) is 0 Å². The summed E-state index contributed by atoms with van der Waals surface area (Å²) in [5.41, 5.74) is 1.83. The molecule has 1 atom stereocenters. The van der Waals surface area contributed by atoms with Crippen molar-refractivity contribution >= 4 is 21.6 Å². The number of furan rings is 1. The number of fused-ring (bicyclic) bond motifs is 1. The van der Waals surface area contributed by atoms with Crippen molar-refractivity contribution in [1.82, 2.24) is 10.1 Å². The van der Waals surface area contributed by atoms with E-state index >= 15 is 0 Å². The van der Waals surface area contributed by atoms with Gasteiger partial charge in [0.05, 0.1) is 10.6 Å². The van der Waals surface area contributed by atoms with Crippen molar-refractivity contribution in [2.24, 2.45) is 5.10 Å². The Labute approximate surface area is 169 Å². The molecule has 0 aliphatic heterocycles. The Kier molecular flexibility index (Phi) is 6.07. The molecular formula is C20H24FN3O4S. The zero-order valence-corrected chi connectivity index (χ0v) is 17.4. The summed E-state index contributed by atoms with van der Waals surface area (Å²) in [5, 5.41) is 6.98. The second kappa shape index (κ2) is 8.36. The van der Waals surface area contributed by atoms with Crippen molar-refractivity contribution in [3.63, 3.8) is 0 Å². The number of aryl methyl sites for hydroxylation is 1.